The number of nitrogens with zero attached hydrogens (tertiary/aromatic N) is 5. The summed E-state index contributed by atoms with van der Waals surface area (Å²) in [7, 11) is 0. The summed E-state index contributed by atoms with van der Waals surface area (Å²) in [5, 5.41) is 13.7. The summed E-state index contributed by atoms with van der Waals surface area (Å²) in [6.07, 6.45) is 2.18. The van der Waals surface area contributed by atoms with E-state index in [4.69, 9.17) is 5.26 Å². The highest BCUT2D eigenvalue weighted by molar-refractivity contribution is 5.81. The molecule has 0 aliphatic carbocycles. The van der Waals surface area contributed by atoms with Crippen LogP contribution in [0.4, 0.5) is 0 Å². The van der Waals surface area contributed by atoms with Crippen molar-refractivity contribution >= 4 is 16.8 Å². The van der Waals surface area contributed by atoms with Gasteiger partial charge in [0.2, 0.25) is 11.3 Å². The Morgan fingerprint density at radius 3 is 2.63 bits per heavy atom. The number of aromatic nitrogens is 2. The molecule has 0 bridgehead atoms. The first-order valence-electron chi connectivity index (χ1n) is 10.1. The van der Waals surface area contributed by atoms with E-state index in [2.05, 4.69) is 16.1 Å². The minimum atomic E-state index is -0.137. The van der Waals surface area contributed by atoms with Gasteiger partial charge in [0.25, 0.3) is 0 Å². The Bertz CT molecular complexity index is 1150. The van der Waals surface area contributed by atoms with E-state index in [9.17, 15) is 9.59 Å². The largest absolute Gasteiger partial charge is 0.340 e. The van der Waals surface area contributed by atoms with E-state index < -0.39 is 0 Å². The fraction of sp³-hybridized carbons (Fsp3) is 0.304. The first-order valence-corrected chi connectivity index (χ1v) is 10.1. The first-order chi connectivity index (χ1) is 14.6. The van der Waals surface area contributed by atoms with Crippen LogP contribution in [0.2, 0.25) is 0 Å². The number of fused-ring (bicyclic) bond motifs is 1. The van der Waals surface area contributed by atoms with Crippen LogP contribution in [0.3, 0.4) is 0 Å². The van der Waals surface area contributed by atoms with Crippen molar-refractivity contribution in [2.24, 2.45) is 0 Å². The van der Waals surface area contributed by atoms with Crippen molar-refractivity contribution in [1.82, 2.24) is 19.6 Å². The molecule has 0 radical (unpaired) electrons. The molecule has 0 N–H and O–H groups in total. The Balaban J connectivity index is 1.40. The lowest BCUT2D eigenvalue weighted by atomic mass is 10.1. The van der Waals surface area contributed by atoms with Gasteiger partial charge in [-0.05, 0) is 36.2 Å². The molecule has 0 saturated carbocycles. The third-order valence-electron chi connectivity index (χ3n) is 5.48. The van der Waals surface area contributed by atoms with E-state index in [0.717, 1.165) is 31.6 Å². The molecule has 1 amide bonds. The van der Waals surface area contributed by atoms with Gasteiger partial charge < -0.3 is 4.90 Å². The fourth-order valence-corrected chi connectivity index (χ4v) is 3.84. The van der Waals surface area contributed by atoms with Crippen LogP contribution in [0.5, 0.6) is 0 Å². The van der Waals surface area contributed by atoms with E-state index in [1.807, 2.05) is 47.4 Å². The molecular weight excluding hydrogens is 378 g/mol. The summed E-state index contributed by atoms with van der Waals surface area (Å²) >= 11 is 0. The van der Waals surface area contributed by atoms with Crippen LogP contribution >= 0.6 is 0 Å². The number of amides is 1. The van der Waals surface area contributed by atoms with Gasteiger partial charge in [-0.1, -0.05) is 24.3 Å². The molecule has 2 aromatic carbocycles. The minimum absolute atomic E-state index is 0.0107. The van der Waals surface area contributed by atoms with E-state index in [-0.39, 0.29) is 17.9 Å². The number of nitriles is 1. The lowest BCUT2D eigenvalue weighted by Gasteiger charge is -2.22. The second-order valence-electron chi connectivity index (χ2n) is 7.50. The number of para-hydroxylation sites is 1. The van der Waals surface area contributed by atoms with Crippen molar-refractivity contribution < 1.29 is 4.79 Å². The zero-order valence-corrected chi connectivity index (χ0v) is 16.7. The molecule has 0 atom stereocenters. The lowest BCUT2D eigenvalue weighted by Crippen LogP contribution is -2.37. The molecule has 1 fully saturated rings. The molecule has 30 heavy (non-hydrogen) atoms. The van der Waals surface area contributed by atoms with Crippen LogP contribution in [0.15, 0.2) is 59.5 Å². The molecule has 152 valence electrons. The average Bonchev–Trinajstić information content (AvgIpc) is 3.02. The molecule has 7 nitrogen and oxygen atoms in total. The van der Waals surface area contributed by atoms with Crippen LogP contribution in [-0.2, 0) is 17.9 Å². The van der Waals surface area contributed by atoms with Gasteiger partial charge >= 0.3 is 0 Å². The van der Waals surface area contributed by atoms with Crippen molar-refractivity contribution in [2.45, 2.75) is 19.5 Å². The van der Waals surface area contributed by atoms with Crippen LogP contribution in [0.25, 0.3) is 10.9 Å². The fourth-order valence-electron chi connectivity index (χ4n) is 3.84. The second kappa shape index (κ2) is 8.89. The smallest absolute Gasteiger partial charge is 0.244 e. The van der Waals surface area contributed by atoms with Crippen molar-refractivity contribution in [2.75, 3.05) is 26.2 Å². The van der Waals surface area contributed by atoms with Gasteiger partial charge in [-0.15, -0.1) is 0 Å². The second-order valence-corrected chi connectivity index (χ2v) is 7.50. The van der Waals surface area contributed by atoms with Crippen molar-refractivity contribution in [3.63, 3.8) is 0 Å². The molecular formula is C23H23N5O2. The lowest BCUT2D eigenvalue weighted by molar-refractivity contribution is -0.131. The number of hydrogen-bond donors (Lipinski definition) is 0. The van der Waals surface area contributed by atoms with Gasteiger partial charge in [0, 0.05) is 38.1 Å². The zero-order valence-electron chi connectivity index (χ0n) is 16.7. The Kier molecular flexibility index (Phi) is 5.87. The molecule has 2 heterocycles. The maximum absolute atomic E-state index is 12.9. The first kappa shape index (κ1) is 19.8. The Morgan fingerprint density at radius 2 is 1.83 bits per heavy atom. The third kappa shape index (κ3) is 4.39. The Hall–Kier alpha value is -3.50. The highest BCUT2D eigenvalue weighted by Gasteiger charge is 2.20. The third-order valence-corrected chi connectivity index (χ3v) is 5.48. The maximum atomic E-state index is 12.9. The molecule has 1 aromatic heterocycles. The predicted molar refractivity (Wildman–Crippen MR) is 114 cm³/mol. The molecule has 4 rings (SSSR count). The van der Waals surface area contributed by atoms with Gasteiger partial charge in [0.15, 0.2) is 0 Å². The summed E-state index contributed by atoms with van der Waals surface area (Å²) in [6, 6.07) is 17.0. The quantitative estimate of drug-likeness (QED) is 0.668. The highest BCUT2D eigenvalue weighted by Crippen LogP contribution is 2.12. The monoisotopic (exact) mass is 401 g/mol. The van der Waals surface area contributed by atoms with Crippen LogP contribution in [-0.4, -0.2) is 51.7 Å². The van der Waals surface area contributed by atoms with Gasteiger partial charge in [-0.2, -0.15) is 10.4 Å². The number of hydrogen-bond acceptors (Lipinski definition) is 5. The zero-order chi connectivity index (χ0) is 20.9. The Morgan fingerprint density at radius 1 is 1.03 bits per heavy atom. The molecule has 1 saturated heterocycles. The molecule has 1 aliphatic rings. The molecule has 3 aromatic rings. The number of benzene rings is 2. The van der Waals surface area contributed by atoms with E-state index >= 15 is 0 Å². The van der Waals surface area contributed by atoms with Gasteiger partial charge in [-0.3, -0.25) is 19.2 Å². The normalized spacial score (nSPS) is 15.0. The van der Waals surface area contributed by atoms with Crippen LogP contribution in [0, 0.1) is 11.3 Å². The minimum Gasteiger partial charge on any atom is -0.340 e. The summed E-state index contributed by atoms with van der Waals surface area (Å²) < 4.78 is 1.61. The van der Waals surface area contributed by atoms with Crippen molar-refractivity contribution in [1.29, 1.82) is 5.26 Å². The van der Waals surface area contributed by atoms with E-state index in [0.29, 0.717) is 29.6 Å². The molecule has 0 unspecified atom stereocenters. The van der Waals surface area contributed by atoms with Crippen molar-refractivity contribution in [3.8, 4) is 6.07 Å². The molecule has 1 aliphatic heterocycles. The van der Waals surface area contributed by atoms with Gasteiger partial charge in [-0.25, -0.2) is 0 Å². The van der Waals surface area contributed by atoms with Crippen LogP contribution in [0.1, 0.15) is 17.5 Å². The SMILES string of the molecule is N#Cc1ccc(CN2CCCN(C(=O)Cn3ncc(=O)c4ccccc43)CC2)cc1. The molecule has 7 heteroatoms. The standard InChI is InChI=1S/C23H23N5O2/c24-14-18-6-8-19(9-7-18)16-26-10-3-11-27(13-12-26)23(30)17-28-21-5-2-1-4-20(21)22(29)15-25-28/h1-2,4-9,15H,3,10-13,16-17H2. The van der Waals surface area contributed by atoms with E-state index in [1.165, 1.54) is 6.20 Å². The van der Waals surface area contributed by atoms with Gasteiger partial charge in [0.05, 0.1) is 23.3 Å². The maximum Gasteiger partial charge on any atom is 0.244 e. The summed E-state index contributed by atoms with van der Waals surface area (Å²) in [5.41, 5.74) is 2.37. The summed E-state index contributed by atoms with van der Waals surface area (Å²) in [6.45, 7) is 4.01. The number of carbonyl (C=O) groups is 1. The number of carbonyl (C=O) groups excluding carboxylic acids is 1. The molecule has 0 spiro atoms. The summed E-state index contributed by atoms with van der Waals surface area (Å²) in [4.78, 5) is 29.1. The predicted octanol–water partition coefficient (Wildman–Crippen LogP) is 2.00. The Labute approximate surface area is 174 Å². The summed E-state index contributed by atoms with van der Waals surface area (Å²) in [5.74, 6) is 0.0107. The topological polar surface area (TPSA) is 82.2 Å². The number of rotatable bonds is 4. The van der Waals surface area contributed by atoms with Crippen molar-refractivity contribution in [3.05, 3.63) is 76.1 Å². The van der Waals surface area contributed by atoms with Gasteiger partial charge in [0.1, 0.15) is 6.54 Å². The van der Waals surface area contributed by atoms with Crippen LogP contribution < -0.4 is 5.43 Å². The highest BCUT2D eigenvalue weighted by atomic mass is 16.2. The average molecular weight is 401 g/mol. The van der Waals surface area contributed by atoms with E-state index in [1.54, 1.807) is 10.7 Å².